The molecule has 0 spiro atoms. The number of likely N-dealkylation sites (tertiary alicyclic amines) is 1. The fraction of sp³-hybridized carbons (Fsp3) is 1.00. The molecule has 1 saturated heterocycles. The predicted molar refractivity (Wildman–Crippen MR) is 64.7 cm³/mol. The highest BCUT2D eigenvalue weighted by Gasteiger charge is 2.31. The van der Waals surface area contributed by atoms with Gasteiger partial charge in [0.05, 0.1) is 0 Å². The number of nitrogens with zero attached hydrogens (tertiary/aromatic N) is 1. The summed E-state index contributed by atoms with van der Waals surface area (Å²) in [7, 11) is 0. The molecular weight excluding hydrogens is 184 g/mol. The van der Waals surface area contributed by atoms with Crippen LogP contribution in [0.5, 0.6) is 0 Å². The lowest BCUT2D eigenvalue weighted by Gasteiger charge is -2.44. The Morgan fingerprint density at radius 3 is 2.40 bits per heavy atom. The van der Waals surface area contributed by atoms with Gasteiger partial charge in [0.15, 0.2) is 0 Å². The fourth-order valence-corrected chi connectivity index (χ4v) is 3.27. The molecule has 2 fully saturated rings. The Labute approximate surface area is 94.2 Å². The van der Waals surface area contributed by atoms with Crippen molar-refractivity contribution in [2.75, 3.05) is 13.1 Å². The third-order valence-corrected chi connectivity index (χ3v) is 4.58. The summed E-state index contributed by atoms with van der Waals surface area (Å²) in [6.45, 7) is 7.14. The Bertz CT molecular complexity index is 205. The van der Waals surface area contributed by atoms with Gasteiger partial charge < -0.3 is 5.73 Å². The second-order valence-corrected chi connectivity index (χ2v) is 5.75. The zero-order valence-corrected chi connectivity index (χ0v) is 10.3. The lowest BCUT2D eigenvalue weighted by molar-refractivity contribution is 0.0670. The summed E-state index contributed by atoms with van der Waals surface area (Å²) in [5, 5.41) is 0. The van der Waals surface area contributed by atoms with Crippen LogP contribution in [0.25, 0.3) is 0 Å². The molecule has 0 radical (unpaired) electrons. The van der Waals surface area contributed by atoms with Crippen molar-refractivity contribution < 1.29 is 0 Å². The van der Waals surface area contributed by atoms with E-state index in [1.165, 1.54) is 38.6 Å². The van der Waals surface area contributed by atoms with Gasteiger partial charge >= 0.3 is 0 Å². The van der Waals surface area contributed by atoms with Crippen LogP contribution in [0.15, 0.2) is 0 Å². The van der Waals surface area contributed by atoms with Crippen LogP contribution in [0.3, 0.4) is 0 Å². The van der Waals surface area contributed by atoms with Crippen molar-refractivity contribution in [1.29, 1.82) is 0 Å². The first-order valence-corrected chi connectivity index (χ1v) is 6.68. The van der Waals surface area contributed by atoms with E-state index in [0.717, 1.165) is 24.4 Å². The average Bonchev–Trinajstić information content (AvgIpc) is 2.23. The van der Waals surface area contributed by atoms with E-state index in [9.17, 15) is 0 Å². The minimum Gasteiger partial charge on any atom is -0.326 e. The van der Waals surface area contributed by atoms with Gasteiger partial charge in [-0.1, -0.05) is 26.7 Å². The smallest absolute Gasteiger partial charge is 0.0194 e. The van der Waals surface area contributed by atoms with Gasteiger partial charge in [-0.15, -0.1) is 0 Å². The second-order valence-electron chi connectivity index (χ2n) is 5.75. The van der Waals surface area contributed by atoms with Crippen LogP contribution in [-0.2, 0) is 0 Å². The Hall–Kier alpha value is -0.0800. The summed E-state index contributed by atoms with van der Waals surface area (Å²) < 4.78 is 0. The highest BCUT2D eigenvalue weighted by atomic mass is 15.2. The van der Waals surface area contributed by atoms with Gasteiger partial charge in [0.2, 0.25) is 0 Å². The van der Waals surface area contributed by atoms with Crippen LogP contribution in [-0.4, -0.2) is 30.1 Å². The Morgan fingerprint density at radius 2 is 1.73 bits per heavy atom. The van der Waals surface area contributed by atoms with Gasteiger partial charge in [-0.3, -0.25) is 4.90 Å². The SMILES string of the molecule is CC1CCN(C2CCCCC2C)CC1N. The van der Waals surface area contributed by atoms with Crippen molar-refractivity contribution in [3.05, 3.63) is 0 Å². The van der Waals surface area contributed by atoms with E-state index in [0.29, 0.717) is 6.04 Å². The molecule has 15 heavy (non-hydrogen) atoms. The Kier molecular flexibility index (Phi) is 3.68. The molecule has 2 aliphatic rings. The summed E-state index contributed by atoms with van der Waals surface area (Å²) in [6.07, 6.45) is 6.99. The summed E-state index contributed by atoms with van der Waals surface area (Å²) in [4.78, 5) is 2.68. The van der Waals surface area contributed by atoms with Crippen LogP contribution < -0.4 is 5.73 Å². The standard InChI is InChI=1S/C13H26N2/c1-10-7-8-15(9-12(10)14)13-6-4-3-5-11(13)2/h10-13H,3-9,14H2,1-2H3. The summed E-state index contributed by atoms with van der Waals surface area (Å²) in [5.41, 5.74) is 6.18. The van der Waals surface area contributed by atoms with Gasteiger partial charge in [0.1, 0.15) is 0 Å². The molecule has 2 rings (SSSR count). The molecule has 1 saturated carbocycles. The first-order chi connectivity index (χ1) is 7.18. The lowest BCUT2D eigenvalue weighted by atomic mass is 9.83. The first-order valence-electron chi connectivity index (χ1n) is 6.68. The van der Waals surface area contributed by atoms with Crippen LogP contribution >= 0.6 is 0 Å². The van der Waals surface area contributed by atoms with Gasteiger partial charge in [0, 0.05) is 18.6 Å². The van der Waals surface area contributed by atoms with Gasteiger partial charge in [-0.2, -0.15) is 0 Å². The lowest BCUT2D eigenvalue weighted by Crippen LogP contribution is -2.53. The van der Waals surface area contributed by atoms with Crippen LogP contribution in [0.1, 0.15) is 46.0 Å². The monoisotopic (exact) mass is 210 g/mol. The van der Waals surface area contributed by atoms with Crippen molar-refractivity contribution in [1.82, 2.24) is 4.90 Å². The quantitative estimate of drug-likeness (QED) is 0.719. The molecule has 4 unspecified atom stereocenters. The number of nitrogens with two attached hydrogens (primary N) is 1. The molecule has 1 aliphatic heterocycles. The minimum atomic E-state index is 0.410. The minimum absolute atomic E-state index is 0.410. The van der Waals surface area contributed by atoms with Crippen molar-refractivity contribution >= 4 is 0 Å². The predicted octanol–water partition coefficient (Wildman–Crippen LogP) is 2.23. The zero-order valence-electron chi connectivity index (χ0n) is 10.3. The summed E-state index contributed by atoms with van der Waals surface area (Å²) in [6, 6.07) is 1.24. The van der Waals surface area contributed by atoms with E-state index < -0.39 is 0 Å². The van der Waals surface area contributed by atoms with Crippen molar-refractivity contribution in [3.8, 4) is 0 Å². The van der Waals surface area contributed by atoms with Gasteiger partial charge in [0.25, 0.3) is 0 Å². The molecule has 88 valence electrons. The van der Waals surface area contributed by atoms with E-state index in [4.69, 9.17) is 5.73 Å². The number of rotatable bonds is 1. The Morgan fingerprint density at radius 1 is 1.00 bits per heavy atom. The molecule has 0 aromatic rings. The number of piperidine rings is 1. The topological polar surface area (TPSA) is 29.3 Å². The maximum atomic E-state index is 6.18. The van der Waals surface area contributed by atoms with Gasteiger partial charge in [-0.05, 0) is 37.6 Å². The maximum absolute atomic E-state index is 6.18. The van der Waals surface area contributed by atoms with E-state index in [1.807, 2.05) is 0 Å². The van der Waals surface area contributed by atoms with E-state index in [-0.39, 0.29) is 0 Å². The molecule has 2 N–H and O–H groups in total. The first kappa shape index (κ1) is 11.4. The van der Waals surface area contributed by atoms with Crippen molar-refractivity contribution in [2.24, 2.45) is 17.6 Å². The van der Waals surface area contributed by atoms with Crippen LogP contribution in [0.4, 0.5) is 0 Å². The third kappa shape index (κ3) is 2.54. The van der Waals surface area contributed by atoms with Crippen molar-refractivity contribution in [2.45, 2.75) is 58.0 Å². The average molecular weight is 210 g/mol. The van der Waals surface area contributed by atoms with Crippen LogP contribution in [0, 0.1) is 11.8 Å². The second kappa shape index (κ2) is 4.84. The molecule has 4 atom stereocenters. The largest absolute Gasteiger partial charge is 0.326 e. The molecule has 1 heterocycles. The molecule has 0 aromatic carbocycles. The third-order valence-electron chi connectivity index (χ3n) is 4.58. The van der Waals surface area contributed by atoms with E-state index >= 15 is 0 Å². The molecular formula is C13H26N2. The molecule has 0 amide bonds. The van der Waals surface area contributed by atoms with Crippen LogP contribution in [0.2, 0.25) is 0 Å². The van der Waals surface area contributed by atoms with E-state index in [1.54, 1.807) is 0 Å². The maximum Gasteiger partial charge on any atom is 0.0194 e. The highest BCUT2D eigenvalue weighted by molar-refractivity contribution is 4.88. The molecule has 1 aliphatic carbocycles. The highest BCUT2D eigenvalue weighted by Crippen LogP contribution is 2.30. The van der Waals surface area contributed by atoms with Crippen molar-refractivity contribution in [3.63, 3.8) is 0 Å². The zero-order chi connectivity index (χ0) is 10.8. The Balaban J connectivity index is 1.92. The molecule has 0 bridgehead atoms. The molecule has 0 aromatic heterocycles. The fourth-order valence-electron chi connectivity index (χ4n) is 3.27. The molecule has 2 heteroatoms. The van der Waals surface area contributed by atoms with Gasteiger partial charge in [-0.25, -0.2) is 0 Å². The normalized spacial score (nSPS) is 44.2. The number of hydrogen-bond acceptors (Lipinski definition) is 2. The van der Waals surface area contributed by atoms with E-state index in [2.05, 4.69) is 18.7 Å². The number of hydrogen-bond donors (Lipinski definition) is 1. The summed E-state index contributed by atoms with van der Waals surface area (Å²) >= 11 is 0. The molecule has 2 nitrogen and oxygen atoms in total. The summed E-state index contributed by atoms with van der Waals surface area (Å²) in [5.74, 6) is 1.61.